The minimum Gasteiger partial charge on any atom is -0.323 e. The summed E-state index contributed by atoms with van der Waals surface area (Å²) in [5.41, 5.74) is 2.27. The molecule has 2 N–H and O–H groups in total. The average Bonchev–Trinajstić information content (AvgIpc) is 2.78. The van der Waals surface area contributed by atoms with Crippen molar-refractivity contribution in [1.82, 2.24) is 9.78 Å². The molecule has 0 bridgehead atoms. The summed E-state index contributed by atoms with van der Waals surface area (Å²) < 4.78 is 1.14. The van der Waals surface area contributed by atoms with Gasteiger partial charge in [0.1, 0.15) is 11.7 Å². The van der Waals surface area contributed by atoms with Gasteiger partial charge in [-0.25, -0.2) is 4.68 Å². The molecule has 172 valence electrons. The zero-order valence-corrected chi connectivity index (χ0v) is 19.8. The van der Waals surface area contributed by atoms with Gasteiger partial charge in [-0.05, 0) is 31.5 Å². The number of aryl methyl sites for hydroxylation is 1. The highest BCUT2D eigenvalue weighted by Gasteiger charge is 2.25. The maximum absolute atomic E-state index is 13.3. The molecule has 0 aliphatic heterocycles. The summed E-state index contributed by atoms with van der Waals surface area (Å²) >= 11 is 6.18. The summed E-state index contributed by atoms with van der Waals surface area (Å²) in [5, 5.41) is 10.3. The summed E-state index contributed by atoms with van der Waals surface area (Å²) in [6.07, 6.45) is 0.304. The van der Waals surface area contributed by atoms with Gasteiger partial charge < -0.3 is 10.6 Å². The van der Waals surface area contributed by atoms with Gasteiger partial charge in [0, 0.05) is 11.5 Å². The first-order valence-electron chi connectivity index (χ1n) is 10.8. The van der Waals surface area contributed by atoms with Crippen LogP contribution in [0.4, 0.5) is 11.4 Å². The Kier molecular flexibility index (Phi) is 7.66. The van der Waals surface area contributed by atoms with Crippen LogP contribution < -0.4 is 16.2 Å². The second-order valence-electron chi connectivity index (χ2n) is 8.10. The standard InChI is InChI=1S/C25H27ClN4O3/c1-5-22(24(32)27-19-9-7-6-8-18(19)26)30-25(33)21(28-23(31)15(2)3)14-20(29-30)17-12-10-16(4)11-13-17/h6-15,22H,5H2,1-4H3,(H,27,32)(H,28,31)/t22-/m0/s1. The number of hydrogen-bond acceptors (Lipinski definition) is 4. The van der Waals surface area contributed by atoms with E-state index in [1.807, 2.05) is 31.2 Å². The Bertz CT molecular complexity index is 1220. The largest absolute Gasteiger partial charge is 0.323 e. The average molecular weight is 467 g/mol. The highest BCUT2D eigenvalue weighted by molar-refractivity contribution is 6.33. The van der Waals surface area contributed by atoms with E-state index in [0.717, 1.165) is 15.8 Å². The number of carbonyl (C=O) groups is 2. The summed E-state index contributed by atoms with van der Waals surface area (Å²) in [6, 6.07) is 15.1. The Balaban J connectivity index is 2.08. The highest BCUT2D eigenvalue weighted by atomic mass is 35.5. The van der Waals surface area contributed by atoms with Crippen molar-refractivity contribution in [3.63, 3.8) is 0 Å². The van der Waals surface area contributed by atoms with E-state index in [-0.39, 0.29) is 17.5 Å². The van der Waals surface area contributed by atoms with E-state index < -0.39 is 17.5 Å². The third-order valence-electron chi connectivity index (χ3n) is 5.18. The molecule has 0 aliphatic rings. The van der Waals surface area contributed by atoms with Gasteiger partial charge in [0.2, 0.25) is 11.8 Å². The molecule has 2 aromatic carbocycles. The number of aromatic nitrogens is 2. The quantitative estimate of drug-likeness (QED) is 0.509. The third-order valence-corrected chi connectivity index (χ3v) is 5.51. The Hall–Kier alpha value is -3.45. The number of para-hydroxylation sites is 1. The molecule has 0 spiro atoms. The van der Waals surface area contributed by atoms with Crippen molar-refractivity contribution >= 4 is 34.8 Å². The van der Waals surface area contributed by atoms with Gasteiger partial charge in [-0.3, -0.25) is 14.4 Å². The van der Waals surface area contributed by atoms with Crippen LogP contribution in [0.1, 0.15) is 38.8 Å². The van der Waals surface area contributed by atoms with Crippen molar-refractivity contribution in [1.29, 1.82) is 0 Å². The lowest BCUT2D eigenvalue weighted by molar-refractivity contribution is -0.120. The Morgan fingerprint density at radius 3 is 2.24 bits per heavy atom. The molecule has 2 amide bonds. The minimum absolute atomic E-state index is 0.0725. The predicted octanol–water partition coefficient (Wildman–Crippen LogP) is 5.06. The molecule has 3 aromatic rings. The first kappa shape index (κ1) is 24.2. The SMILES string of the molecule is CC[C@@H](C(=O)Nc1ccccc1Cl)n1nc(-c2ccc(C)cc2)cc(NC(=O)C(C)C)c1=O. The van der Waals surface area contributed by atoms with Crippen molar-refractivity contribution in [3.8, 4) is 11.3 Å². The van der Waals surface area contributed by atoms with E-state index in [9.17, 15) is 14.4 Å². The van der Waals surface area contributed by atoms with Crippen molar-refractivity contribution in [3.05, 3.63) is 75.5 Å². The number of anilines is 2. The van der Waals surface area contributed by atoms with Crippen molar-refractivity contribution in [2.75, 3.05) is 10.6 Å². The molecule has 8 heteroatoms. The van der Waals surface area contributed by atoms with Crippen LogP contribution in [0.3, 0.4) is 0 Å². The van der Waals surface area contributed by atoms with Gasteiger partial charge in [-0.2, -0.15) is 5.10 Å². The summed E-state index contributed by atoms with van der Waals surface area (Å²) in [5.74, 6) is -1.05. The molecule has 0 saturated carbocycles. The smallest absolute Gasteiger partial charge is 0.291 e. The van der Waals surface area contributed by atoms with Crippen LogP contribution in [-0.2, 0) is 9.59 Å². The molecular formula is C25H27ClN4O3. The number of halogens is 1. The molecule has 1 heterocycles. The van der Waals surface area contributed by atoms with E-state index in [1.165, 1.54) is 0 Å². The molecule has 0 aliphatic carbocycles. The molecule has 0 radical (unpaired) electrons. The summed E-state index contributed by atoms with van der Waals surface area (Å²) in [4.78, 5) is 38.7. The maximum Gasteiger partial charge on any atom is 0.291 e. The van der Waals surface area contributed by atoms with Crippen LogP contribution in [0.25, 0.3) is 11.3 Å². The number of rotatable bonds is 7. The van der Waals surface area contributed by atoms with Gasteiger partial charge in [0.15, 0.2) is 0 Å². The number of hydrogen-bond donors (Lipinski definition) is 2. The maximum atomic E-state index is 13.3. The topological polar surface area (TPSA) is 93.1 Å². The van der Waals surface area contributed by atoms with Gasteiger partial charge in [-0.15, -0.1) is 0 Å². The predicted molar refractivity (Wildman–Crippen MR) is 132 cm³/mol. The summed E-state index contributed by atoms with van der Waals surface area (Å²) in [7, 11) is 0. The molecule has 1 aromatic heterocycles. The van der Waals surface area contributed by atoms with E-state index >= 15 is 0 Å². The van der Waals surface area contributed by atoms with E-state index in [2.05, 4.69) is 15.7 Å². The van der Waals surface area contributed by atoms with Gasteiger partial charge in [0.05, 0.1) is 16.4 Å². The number of carbonyl (C=O) groups excluding carboxylic acids is 2. The van der Waals surface area contributed by atoms with Crippen LogP contribution >= 0.6 is 11.6 Å². The first-order valence-corrected chi connectivity index (χ1v) is 11.2. The molecule has 33 heavy (non-hydrogen) atoms. The molecule has 0 unspecified atom stereocenters. The van der Waals surface area contributed by atoms with Crippen molar-refractivity contribution in [2.45, 2.75) is 40.2 Å². The first-order chi connectivity index (χ1) is 15.7. The second-order valence-corrected chi connectivity index (χ2v) is 8.50. The fourth-order valence-corrected chi connectivity index (χ4v) is 3.39. The highest BCUT2D eigenvalue weighted by Crippen LogP contribution is 2.24. The van der Waals surface area contributed by atoms with Crippen molar-refractivity contribution < 1.29 is 9.59 Å². The molecule has 1 atom stereocenters. The monoisotopic (exact) mass is 466 g/mol. The number of amides is 2. The van der Waals surface area contributed by atoms with E-state index in [4.69, 9.17) is 11.6 Å². The van der Waals surface area contributed by atoms with E-state index in [1.54, 1.807) is 51.1 Å². The number of nitrogens with one attached hydrogen (secondary N) is 2. The molecule has 0 fully saturated rings. The third kappa shape index (κ3) is 5.68. The lowest BCUT2D eigenvalue weighted by atomic mass is 10.1. The minimum atomic E-state index is -0.908. The Morgan fingerprint density at radius 1 is 1.00 bits per heavy atom. The lowest BCUT2D eigenvalue weighted by Crippen LogP contribution is -2.37. The molecule has 7 nitrogen and oxygen atoms in total. The molecule has 0 saturated heterocycles. The van der Waals surface area contributed by atoms with Crippen LogP contribution in [-0.4, -0.2) is 21.6 Å². The fourth-order valence-electron chi connectivity index (χ4n) is 3.20. The Labute approximate surface area is 197 Å². The van der Waals surface area contributed by atoms with Crippen molar-refractivity contribution in [2.24, 2.45) is 5.92 Å². The van der Waals surface area contributed by atoms with Crippen LogP contribution in [0.2, 0.25) is 5.02 Å². The van der Waals surface area contributed by atoms with Crippen LogP contribution in [0.15, 0.2) is 59.4 Å². The van der Waals surface area contributed by atoms with Crippen LogP contribution in [0.5, 0.6) is 0 Å². The number of nitrogens with zero attached hydrogens (tertiary/aromatic N) is 2. The molecular weight excluding hydrogens is 440 g/mol. The zero-order chi connectivity index (χ0) is 24.1. The lowest BCUT2D eigenvalue weighted by Gasteiger charge is -2.20. The molecule has 3 rings (SSSR count). The second kappa shape index (κ2) is 10.4. The van der Waals surface area contributed by atoms with Gasteiger partial charge in [-0.1, -0.05) is 74.3 Å². The fraction of sp³-hybridized carbons (Fsp3) is 0.280. The van der Waals surface area contributed by atoms with E-state index in [0.29, 0.717) is 22.8 Å². The van der Waals surface area contributed by atoms with Gasteiger partial charge >= 0.3 is 0 Å². The number of benzene rings is 2. The zero-order valence-electron chi connectivity index (χ0n) is 19.1. The normalized spacial score (nSPS) is 11.8. The summed E-state index contributed by atoms with van der Waals surface area (Å²) in [6.45, 7) is 7.23. The van der Waals surface area contributed by atoms with Crippen LogP contribution in [0, 0.1) is 12.8 Å². The Morgan fingerprint density at radius 2 is 1.64 bits per heavy atom. The van der Waals surface area contributed by atoms with Gasteiger partial charge in [0.25, 0.3) is 5.56 Å².